The molecule has 1 aromatic carbocycles. The Morgan fingerprint density at radius 3 is 2.70 bits per heavy atom. The molecule has 1 fully saturated rings. The predicted octanol–water partition coefficient (Wildman–Crippen LogP) is 2.88. The highest BCUT2D eigenvalue weighted by atomic mass is 19.1. The molecule has 27 heavy (non-hydrogen) atoms. The minimum Gasteiger partial charge on any atom is -0.348 e. The molecule has 142 valence electrons. The monoisotopic (exact) mass is 369 g/mol. The molecule has 5 nitrogen and oxygen atoms in total. The van der Waals surface area contributed by atoms with Crippen LogP contribution in [0.15, 0.2) is 48.7 Å². The Morgan fingerprint density at radius 1 is 1.26 bits per heavy atom. The molecule has 0 saturated carbocycles. The number of piperidine rings is 1. The van der Waals surface area contributed by atoms with Crippen molar-refractivity contribution in [1.82, 2.24) is 15.2 Å². The first-order valence-electron chi connectivity index (χ1n) is 9.23. The summed E-state index contributed by atoms with van der Waals surface area (Å²) in [5, 5.41) is 3.00. The van der Waals surface area contributed by atoms with E-state index in [0.717, 1.165) is 24.1 Å². The van der Waals surface area contributed by atoms with Gasteiger partial charge in [-0.25, -0.2) is 4.39 Å². The number of nitrogens with one attached hydrogen (secondary N) is 1. The normalized spacial score (nSPS) is 18.0. The van der Waals surface area contributed by atoms with Gasteiger partial charge in [-0.2, -0.15) is 0 Å². The second kappa shape index (κ2) is 8.75. The van der Waals surface area contributed by atoms with Crippen LogP contribution in [0.5, 0.6) is 0 Å². The van der Waals surface area contributed by atoms with Crippen LogP contribution in [-0.2, 0) is 16.0 Å². The first-order valence-corrected chi connectivity index (χ1v) is 9.23. The van der Waals surface area contributed by atoms with Gasteiger partial charge >= 0.3 is 0 Å². The molecule has 0 spiro atoms. The van der Waals surface area contributed by atoms with Crippen LogP contribution in [0.1, 0.15) is 37.1 Å². The van der Waals surface area contributed by atoms with Crippen LogP contribution in [0.4, 0.5) is 4.39 Å². The Labute approximate surface area is 158 Å². The van der Waals surface area contributed by atoms with Crippen molar-refractivity contribution in [2.45, 2.75) is 32.2 Å². The number of nitrogens with zero attached hydrogens (tertiary/aromatic N) is 2. The predicted molar refractivity (Wildman–Crippen MR) is 100 cm³/mol. The molecule has 0 unspecified atom stereocenters. The summed E-state index contributed by atoms with van der Waals surface area (Å²) in [6, 6.07) is 11.5. The van der Waals surface area contributed by atoms with E-state index in [1.54, 1.807) is 18.3 Å². The Kier molecular flexibility index (Phi) is 6.16. The second-order valence-electron chi connectivity index (χ2n) is 6.98. The molecule has 2 atom stereocenters. The van der Waals surface area contributed by atoms with Crippen molar-refractivity contribution in [3.8, 4) is 0 Å². The molecule has 1 N–H and O–H groups in total. The van der Waals surface area contributed by atoms with Crippen molar-refractivity contribution in [3.05, 3.63) is 65.7 Å². The highest BCUT2D eigenvalue weighted by Crippen LogP contribution is 2.29. The SMILES string of the molecule is CC(=O)N[C@H](c1ccccn1)[C@@H]1CCCN(C(=O)Cc2ccc(F)cc2)C1. The third-order valence-electron chi connectivity index (χ3n) is 4.92. The van der Waals surface area contributed by atoms with Crippen molar-refractivity contribution >= 4 is 11.8 Å². The Morgan fingerprint density at radius 2 is 2.04 bits per heavy atom. The molecule has 0 radical (unpaired) electrons. The Balaban J connectivity index is 1.70. The van der Waals surface area contributed by atoms with Crippen LogP contribution < -0.4 is 5.32 Å². The molecule has 2 amide bonds. The molecule has 0 bridgehead atoms. The summed E-state index contributed by atoms with van der Waals surface area (Å²) < 4.78 is 13.0. The average Bonchev–Trinajstić information content (AvgIpc) is 2.68. The summed E-state index contributed by atoms with van der Waals surface area (Å²) in [4.78, 5) is 30.7. The van der Waals surface area contributed by atoms with Gasteiger partial charge in [0.2, 0.25) is 11.8 Å². The summed E-state index contributed by atoms with van der Waals surface area (Å²) in [5.41, 5.74) is 1.61. The average molecular weight is 369 g/mol. The maximum absolute atomic E-state index is 13.0. The largest absolute Gasteiger partial charge is 0.348 e. The van der Waals surface area contributed by atoms with E-state index in [-0.39, 0.29) is 36.0 Å². The fourth-order valence-corrected chi connectivity index (χ4v) is 3.61. The zero-order valence-corrected chi connectivity index (χ0v) is 15.4. The Hall–Kier alpha value is -2.76. The lowest BCUT2D eigenvalue weighted by atomic mass is 9.88. The van der Waals surface area contributed by atoms with Crippen molar-refractivity contribution < 1.29 is 14.0 Å². The van der Waals surface area contributed by atoms with Gasteiger partial charge in [-0.3, -0.25) is 14.6 Å². The minimum atomic E-state index is -0.308. The molecule has 6 heteroatoms. The van der Waals surface area contributed by atoms with Gasteiger partial charge in [-0.15, -0.1) is 0 Å². The lowest BCUT2D eigenvalue weighted by molar-refractivity contribution is -0.132. The van der Waals surface area contributed by atoms with E-state index in [9.17, 15) is 14.0 Å². The molecular formula is C21H24FN3O2. The summed E-state index contributed by atoms with van der Waals surface area (Å²) in [7, 11) is 0. The van der Waals surface area contributed by atoms with Gasteiger partial charge in [-0.1, -0.05) is 18.2 Å². The standard InChI is InChI=1S/C21H24FN3O2/c1-15(26)24-21(19-6-2-3-11-23-19)17-5-4-12-25(14-17)20(27)13-16-7-9-18(22)10-8-16/h2-3,6-11,17,21H,4-5,12-14H2,1H3,(H,24,26)/t17-,21+/m1/s1. The van der Waals surface area contributed by atoms with Crippen molar-refractivity contribution in [2.24, 2.45) is 5.92 Å². The number of likely N-dealkylation sites (tertiary alicyclic amines) is 1. The highest BCUT2D eigenvalue weighted by molar-refractivity contribution is 5.79. The molecule has 1 aliphatic heterocycles. The number of benzene rings is 1. The summed E-state index contributed by atoms with van der Waals surface area (Å²) >= 11 is 0. The summed E-state index contributed by atoms with van der Waals surface area (Å²) in [6.07, 6.45) is 3.76. The van der Waals surface area contributed by atoms with E-state index >= 15 is 0 Å². The topological polar surface area (TPSA) is 62.3 Å². The summed E-state index contributed by atoms with van der Waals surface area (Å²) in [6.45, 7) is 2.77. The zero-order valence-electron chi connectivity index (χ0n) is 15.4. The van der Waals surface area contributed by atoms with Crippen molar-refractivity contribution in [1.29, 1.82) is 0 Å². The molecule has 3 rings (SSSR count). The van der Waals surface area contributed by atoms with Gasteiger partial charge in [0.15, 0.2) is 0 Å². The molecule has 1 saturated heterocycles. The number of pyridine rings is 1. The van der Waals surface area contributed by atoms with E-state index in [4.69, 9.17) is 0 Å². The van der Waals surface area contributed by atoms with Crippen molar-refractivity contribution in [3.63, 3.8) is 0 Å². The lowest BCUT2D eigenvalue weighted by Gasteiger charge is -2.37. The van der Waals surface area contributed by atoms with E-state index < -0.39 is 0 Å². The smallest absolute Gasteiger partial charge is 0.226 e. The summed E-state index contributed by atoms with van der Waals surface area (Å²) in [5.74, 6) is -0.290. The highest BCUT2D eigenvalue weighted by Gasteiger charge is 2.31. The maximum atomic E-state index is 13.0. The van der Waals surface area contributed by atoms with Crippen LogP contribution in [0, 0.1) is 11.7 Å². The quantitative estimate of drug-likeness (QED) is 0.882. The van der Waals surface area contributed by atoms with Gasteiger partial charge < -0.3 is 10.2 Å². The molecule has 1 aliphatic rings. The number of amides is 2. The fourth-order valence-electron chi connectivity index (χ4n) is 3.61. The molecule has 2 heterocycles. The van der Waals surface area contributed by atoms with E-state index in [0.29, 0.717) is 13.1 Å². The zero-order chi connectivity index (χ0) is 19.2. The fraction of sp³-hybridized carbons (Fsp3) is 0.381. The number of rotatable bonds is 5. The molecule has 0 aliphatic carbocycles. The van der Waals surface area contributed by atoms with E-state index in [1.165, 1.54) is 19.1 Å². The van der Waals surface area contributed by atoms with Gasteiger partial charge in [0.25, 0.3) is 0 Å². The van der Waals surface area contributed by atoms with Gasteiger partial charge in [0.1, 0.15) is 5.82 Å². The van der Waals surface area contributed by atoms with E-state index in [1.807, 2.05) is 23.1 Å². The van der Waals surface area contributed by atoms with Gasteiger partial charge in [-0.05, 0) is 42.7 Å². The van der Waals surface area contributed by atoms with E-state index in [2.05, 4.69) is 10.3 Å². The minimum absolute atomic E-state index is 0.0221. The number of hydrogen-bond acceptors (Lipinski definition) is 3. The molecule has 1 aromatic heterocycles. The number of carbonyl (C=O) groups is 2. The van der Waals surface area contributed by atoms with Crippen LogP contribution in [0.25, 0.3) is 0 Å². The first-order chi connectivity index (χ1) is 13.0. The third kappa shape index (κ3) is 5.12. The number of hydrogen-bond donors (Lipinski definition) is 1. The molecular weight excluding hydrogens is 345 g/mol. The second-order valence-corrected chi connectivity index (χ2v) is 6.98. The van der Waals surface area contributed by atoms with Crippen LogP contribution in [0.2, 0.25) is 0 Å². The maximum Gasteiger partial charge on any atom is 0.226 e. The van der Waals surface area contributed by atoms with Crippen LogP contribution in [-0.4, -0.2) is 34.8 Å². The molecule has 2 aromatic rings. The van der Waals surface area contributed by atoms with Gasteiger partial charge in [0.05, 0.1) is 18.2 Å². The Bertz CT molecular complexity index is 780. The number of halogens is 1. The number of aromatic nitrogens is 1. The lowest BCUT2D eigenvalue weighted by Crippen LogP contribution is -2.45. The first kappa shape index (κ1) is 19.0. The van der Waals surface area contributed by atoms with Crippen LogP contribution in [0.3, 0.4) is 0 Å². The number of carbonyl (C=O) groups excluding carboxylic acids is 2. The third-order valence-corrected chi connectivity index (χ3v) is 4.92. The van der Waals surface area contributed by atoms with Gasteiger partial charge in [0, 0.05) is 32.1 Å². The van der Waals surface area contributed by atoms with Crippen molar-refractivity contribution in [2.75, 3.05) is 13.1 Å². The van der Waals surface area contributed by atoms with Crippen LogP contribution >= 0.6 is 0 Å².